The molecule has 0 bridgehead atoms. The van der Waals surface area contributed by atoms with E-state index in [9.17, 15) is 9.59 Å². The molecule has 2 aliphatic rings. The lowest BCUT2D eigenvalue weighted by molar-refractivity contribution is -0.158. The minimum atomic E-state index is -1.12. The molecule has 1 amide bonds. The lowest BCUT2D eigenvalue weighted by atomic mass is 10.1. The fraction of sp³-hybridized carbons (Fsp3) is 0.556. The van der Waals surface area contributed by atoms with E-state index < -0.39 is 27.7 Å². The Labute approximate surface area is 162 Å². The zero-order chi connectivity index (χ0) is 18.9. The number of benzene rings is 1. The molecule has 1 aromatic rings. The number of nitrogens with zero attached hydrogens (tertiary/aromatic N) is 1. The van der Waals surface area contributed by atoms with E-state index in [0.717, 1.165) is 18.8 Å². The molecule has 0 aromatic heterocycles. The largest absolute Gasteiger partial charge is 0.452 e. The maximum Gasteiger partial charge on any atom is 0.315 e. The minimum Gasteiger partial charge on any atom is -0.452 e. The van der Waals surface area contributed by atoms with Crippen LogP contribution in [0.5, 0.6) is 0 Å². The number of carbonyl (C=O) groups excluding carboxylic acids is 2. The van der Waals surface area contributed by atoms with Crippen LogP contribution >= 0.6 is 23.2 Å². The van der Waals surface area contributed by atoms with E-state index in [4.69, 9.17) is 32.7 Å². The Kier molecular flexibility index (Phi) is 5.37. The second-order valence-electron chi connectivity index (χ2n) is 6.90. The van der Waals surface area contributed by atoms with E-state index in [1.54, 1.807) is 6.92 Å². The maximum absolute atomic E-state index is 12.3. The van der Waals surface area contributed by atoms with Gasteiger partial charge in [-0.3, -0.25) is 9.59 Å². The zero-order valence-corrected chi connectivity index (χ0v) is 16.3. The lowest BCUT2D eigenvalue weighted by Gasteiger charge is -2.29. The summed E-state index contributed by atoms with van der Waals surface area (Å²) < 4.78 is 9.45. The number of ether oxygens (including phenoxy) is 2. The molecule has 0 unspecified atom stereocenters. The second-order valence-corrected chi connectivity index (χ2v) is 8.38. The van der Waals surface area contributed by atoms with Crippen molar-refractivity contribution in [2.75, 3.05) is 36.5 Å². The third-order valence-electron chi connectivity index (χ3n) is 4.87. The number of esters is 1. The number of anilines is 2. The molecule has 1 aliphatic heterocycles. The smallest absolute Gasteiger partial charge is 0.315 e. The number of amides is 1. The first-order valence-electron chi connectivity index (χ1n) is 8.55. The Morgan fingerprint density at radius 3 is 2.35 bits per heavy atom. The van der Waals surface area contributed by atoms with Crippen LogP contribution in [-0.2, 0) is 19.1 Å². The van der Waals surface area contributed by atoms with Crippen molar-refractivity contribution < 1.29 is 19.1 Å². The van der Waals surface area contributed by atoms with Crippen LogP contribution in [0.3, 0.4) is 0 Å². The maximum atomic E-state index is 12.3. The molecule has 1 saturated carbocycles. The van der Waals surface area contributed by atoms with Crippen LogP contribution < -0.4 is 10.2 Å². The van der Waals surface area contributed by atoms with Crippen molar-refractivity contribution in [1.29, 1.82) is 0 Å². The van der Waals surface area contributed by atoms with E-state index in [0.29, 0.717) is 25.3 Å². The van der Waals surface area contributed by atoms with Crippen LogP contribution in [0.2, 0.25) is 0 Å². The average molecular weight is 401 g/mol. The van der Waals surface area contributed by atoms with Gasteiger partial charge in [-0.15, -0.1) is 23.2 Å². The summed E-state index contributed by atoms with van der Waals surface area (Å²) in [7, 11) is 0. The minimum absolute atomic E-state index is 0.319. The van der Waals surface area contributed by atoms with Crippen LogP contribution in [0, 0.1) is 5.41 Å². The number of morpholine rings is 1. The summed E-state index contributed by atoms with van der Waals surface area (Å²) in [5, 5.41) is 2.74. The average Bonchev–Trinajstić information content (AvgIpc) is 3.15. The van der Waals surface area contributed by atoms with Gasteiger partial charge in [-0.1, -0.05) is 0 Å². The van der Waals surface area contributed by atoms with Crippen LogP contribution in [0.25, 0.3) is 0 Å². The van der Waals surface area contributed by atoms with Crippen LogP contribution in [-0.4, -0.2) is 48.6 Å². The molecule has 0 spiro atoms. The second kappa shape index (κ2) is 7.25. The fourth-order valence-corrected chi connectivity index (χ4v) is 3.48. The van der Waals surface area contributed by atoms with Crippen LogP contribution in [0.15, 0.2) is 24.3 Å². The summed E-state index contributed by atoms with van der Waals surface area (Å²) in [6.45, 7) is 6.27. The number of hydrogen-bond acceptors (Lipinski definition) is 5. The predicted octanol–water partition coefficient (Wildman–Crippen LogP) is 2.98. The van der Waals surface area contributed by atoms with E-state index in [1.807, 2.05) is 24.3 Å². The van der Waals surface area contributed by atoms with Crippen LogP contribution in [0.1, 0.15) is 20.3 Å². The summed E-state index contributed by atoms with van der Waals surface area (Å²) in [5.41, 5.74) is 0.759. The third kappa shape index (κ3) is 3.92. The Morgan fingerprint density at radius 1 is 1.23 bits per heavy atom. The molecular weight excluding hydrogens is 379 g/mol. The van der Waals surface area contributed by atoms with Crippen molar-refractivity contribution in [2.24, 2.45) is 5.41 Å². The first-order valence-corrected chi connectivity index (χ1v) is 9.31. The molecule has 3 rings (SSSR count). The topological polar surface area (TPSA) is 67.9 Å². The molecule has 142 valence electrons. The van der Waals surface area contributed by atoms with E-state index in [-0.39, 0.29) is 0 Å². The number of rotatable bonds is 5. The number of hydrogen-bond donors (Lipinski definition) is 1. The standard InChI is InChI=1S/C18H22Cl2N2O4/c1-12(26-16(24)17(2)11-18(17,19)20)15(23)21-13-3-5-14(6-4-13)22-7-9-25-10-8-22/h3-6,12H,7-11H2,1-2H3,(H,21,23)/t12-,17-/m1/s1. The monoisotopic (exact) mass is 400 g/mol. The highest BCUT2D eigenvalue weighted by Gasteiger charge is 2.69. The van der Waals surface area contributed by atoms with Gasteiger partial charge in [0.25, 0.3) is 5.91 Å². The van der Waals surface area contributed by atoms with Gasteiger partial charge >= 0.3 is 5.97 Å². The van der Waals surface area contributed by atoms with Gasteiger partial charge in [0, 0.05) is 30.9 Å². The third-order valence-corrected chi connectivity index (χ3v) is 5.97. The van der Waals surface area contributed by atoms with Gasteiger partial charge in [-0.05, 0) is 38.1 Å². The molecule has 0 radical (unpaired) electrons. The first-order chi connectivity index (χ1) is 12.2. The Balaban J connectivity index is 1.53. The first kappa shape index (κ1) is 19.3. The molecule has 2 fully saturated rings. The molecule has 8 heteroatoms. The van der Waals surface area contributed by atoms with Crippen LogP contribution in [0.4, 0.5) is 11.4 Å². The molecule has 1 N–H and O–H groups in total. The predicted molar refractivity (Wildman–Crippen MR) is 101 cm³/mol. The SMILES string of the molecule is C[C@@H](OC(=O)[C@@]1(C)CC1(Cl)Cl)C(=O)Nc1ccc(N2CCOCC2)cc1. The summed E-state index contributed by atoms with van der Waals surface area (Å²) in [4.78, 5) is 26.6. The summed E-state index contributed by atoms with van der Waals surface area (Å²) in [6.07, 6.45) is -0.623. The molecule has 1 aliphatic carbocycles. The van der Waals surface area contributed by atoms with Gasteiger partial charge in [-0.25, -0.2) is 0 Å². The molecule has 1 saturated heterocycles. The van der Waals surface area contributed by atoms with Crippen molar-refractivity contribution in [3.05, 3.63) is 24.3 Å². The van der Waals surface area contributed by atoms with Crippen molar-refractivity contribution >= 4 is 46.5 Å². The Morgan fingerprint density at radius 2 is 1.81 bits per heavy atom. The Bertz CT molecular complexity index is 689. The van der Waals surface area contributed by atoms with E-state index in [1.165, 1.54) is 6.92 Å². The quantitative estimate of drug-likeness (QED) is 0.607. The van der Waals surface area contributed by atoms with Crippen molar-refractivity contribution in [3.8, 4) is 0 Å². The van der Waals surface area contributed by atoms with Gasteiger partial charge in [0.2, 0.25) is 0 Å². The van der Waals surface area contributed by atoms with E-state index in [2.05, 4.69) is 10.2 Å². The summed E-state index contributed by atoms with van der Waals surface area (Å²) >= 11 is 11.9. The molecule has 2 atom stereocenters. The summed E-state index contributed by atoms with van der Waals surface area (Å²) in [6, 6.07) is 7.53. The summed E-state index contributed by atoms with van der Waals surface area (Å²) in [5.74, 6) is -0.968. The molecular formula is C18H22Cl2N2O4. The number of nitrogens with one attached hydrogen (secondary N) is 1. The van der Waals surface area contributed by atoms with Gasteiger partial charge in [0.15, 0.2) is 6.10 Å². The molecule has 6 nitrogen and oxygen atoms in total. The normalized spacial score (nSPS) is 25.3. The number of carbonyl (C=O) groups is 2. The zero-order valence-electron chi connectivity index (χ0n) is 14.8. The number of alkyl halides is 2. The van der Waals surface area contributed by atoms with Gasteiger partial charge in [-0.2, -0.15) is 0 Å². The fourth-order valence-electron chi connectivity index (χ4n) is 2.79. The molecule has 26 heavy (non-hydrogen) atoms. The molecule has 1 aromatic carbocycles. The highest BCUT2D eigenvalue weighted by molar-refractivity contribution is 6.53. The Hall–Kier alpha value is -1.50. The van der Waals surface area contributed by atoms with Gasteiger partial charge in [0.1, 0.15) is 9.75 Å². The number of halogens is 2. The van der Waals surface area contributed by atoms with Gasteiger partial charge < -0.3 is 19.7 Å². The van der Waals surface area contributed by atoms with Crippen molar-refractivity contribution in [1.82, 2.24) is 0 Å². The van der Waals surface area contributed by atoms with E-state index >= 15 is 0 Å². The lowest BCUT2D eigenvalue weighted by Crippen LogP contribution is -2.36. The van der Waals surface area contributed by atoms with Crippen molar-refractivity contribution in [3.63, 3.8) is 0 Å². The van der Waals surface area contributed by atoms with Crippen molar-refractivity contribution in [2.45, 2.75) is 30.7 Å². The highest BCUT2D eigenvalue weighted by Crippen LogP contribution is 2.64. The molecule has 1 heterocycles. The van der Waals surface area contributed by atoms with Gasteiger partial charge in [0.05, 0.1) is 13.2 Å². The highest BCUT2D eigenvalue weighted by atomic mass is 35.5.